The summed E-state index contributed by atoms with van der Waals surface area (Å²) in [5.74, 6) is -0.903. The summed E-state index contributed by atoms with van der Waals surface area (Å²) in [4.78, 5) is 39.2. The Kier molecular flexibility index (Phi) is 5.22. The first-order valence-electron chi connectivity index (χ1n) is 9.45. The summed E-state index contributed by atoms with van der Waals surface area (Å²) in [6, 6.07) is 11.5. The smallest absolute Gasteiger partial charge is 0.338 e. The minimum atomic E-state index is -0.728. The van der Waals surface area contributed by atoms with Gasteiger partial charge in [-0.3, -0.25) is 9.69 Å². The number of carbonyl (C=O) groups is 3. The molecule has 8 heteroatoms. The molecular formula is C22H20ClN3O4. The average molecular weight is 426 g/mol. The zero-order valence-electron chi connectivity index (χ0n) is 16.5. The lowest BCUT2D eigenvalue weighted by Crippen LogP contribution is -2.49. The van der Waals surface area contributed by atoms with Gasteiger partial charge in [0.25, 0.3) is 0 Å². The van der Waals surface area contributed by atoms with Gasteiger partial charge in [0.2, 0.25) is 5.91 Å². The Morgan fingerprint density at radius 2 is 1.87 bits per heavy atom. The standard InChI is InChI=1S/C22H20ClN3O4/c1-12-6-5-7-13(2)19(12)24-17(27)10-26-16-11-30-21(28)18(16)20(25-22(26)29)14-8-3-4-9-15(14)23/h3-9,20H,10-11H2,1-2H3,(H,24,27)(H,25,29)/t20-/m0/s1. The van der Waals surface area contributed by atoms with E-state index in [-0.39, 0.29) is 19.1 Å². The van der Waals surface area contributed by atoms with E-state index >= 15 is 0 Å². The highest BCUT2D eigenvalue weighted by Crippen LogP contribution is 2.37. The van der Waals surface area contributed by atoms with Gasteiger partial charge in [-0.1, -0.05) is 48.0 Å². The number of carbonyl (C=O) groups excluding carboxylic acids is 3. The molecule has 0 saturated heterocycles. The lowest BCUT2D eigenvalue weighted by Gasteiger charge is -2.32. The number of halogens is 1. The third-order valence-corrected chi connectivity index (χ3v) is 5.61. The molecule has 7 nitrogen and oxygen atoms in total. The Bertz CT molecular complexity index is 1080. The second-order valence-corrected chi connectivity index (χ2v) is 7.65. The van der Waals surface area contributed by atoms with Crippen molar-refractivity contribution in [2.45, 2.75) is 19.9 Å². The monoisotopic (exact) mass is 425 g/mol. The van der Waals surface area contributed by atoms with E-state index in [0.717, 1.165) is 11.1 Å². The fourth-order valence-electron chi connectivity index (χ4n) is 3.76. The number of anilines is 1. The van der Waals surface area contributed by atoms with Crippen LogP contribution < -0.4 is 10.6 Å². The van der Waals surface area contributed by atoms with E-state index in [1.807, 2.05) is 32.0 Å². The highest BCUT2D eigenvalue weighted by Gasteiger charge is 2.43. The summed E-state index contributed by atoms with van der Waals surface area (Å²) in [5, 5.41) is 6.07. The second-order valence-electron chi connectivity index (χ2n) is 7.24. The molecule has 4 rings (SSSR count). The highest BCUT2D eigenvalue weighted by atomic mass is 35.5. The molecule has 0 fully saturated rings. The molecule has 0 spiro atoms. The number of benzene rings is 2. The van der Waals surface area contributed by atoms with Gasteiger partial charge < -0.3 is 15.4 Å². The van der Waals surface area contributed by atoms with E-state index in [1.54, 1.807) is 24.3 Å². The van der Waals surface area contributed by atoms with Crippen LogP contribution >= 0.6 is 11.6 Å². The van der Waals surface area contributed by atoms with Crippen LogP contribution in [0.5, 0.6) is 0 Å². The molecule has 30 heavy (non-hydrogen) atoms. The van der Waals surface area contributed by atoms with Crippen molar-refractivity contribution in [1.29, 1.82) is 0 Å². The van der Waals surface area contributed by atoms with Gasteiger partial charge in [-0.15, -0.1) is 0 Å². The largest absolute Gasteiger partial charge is 0.456 e. The number of ether oxygens (including phenoxy) is 1. The third kappa shape index (κ3) is 3.52. The van der Waals surface area contributed by atoms with E-state index < -0.39 is 18.0 Å². The number of nitrogens with zero attached hydrogens (tertiary/aromatic N) is 1. The molecule has 2 aliphatic heterocycles. The molecule has 2 aliphatic rings. The lowest BCUT2D eigenvalue weighted by atomic mass is 9.95. The van der Waals surface area contributed by atoms with Gasteiger partial charge in [-0.25, -0.2) is 9.59 Å². The van der Waals surface area contributed by atoms with Crippen LogP contribution in [-0.4, -0.2) is 36.0 Å². The Balaban J connectivity index is 1.63. The summed E-state index contributed by atoms with van der Waals surface area (Å²) < 4.78 is 5.19. The maximum atomic E-state index is 12.9. The summed E-state index contributed by atoms with van der Waals surface area (Å²) in [6.07, 6.45) is 0. The summed E-state index contributed by atoms with van der Waals surface area (Å²) in [7, 11) is 0. The number of nitrogens with one attached hydrogen (secondary N) is 2. The van der Waals surface area contributed by atoms with Crippen LogP contribution in [0.3, 0.4) is 0 Å². The fraction of sp³-hybridized carbons (Fsp3) is 0.227. The van der Waals surface area contributed by atoms with Gasteiger partial charge in [0.05, 0.1) is 17.3 Å². The molecule has 154 valence electrons. The highest BCUT2D eigenvalue weighted by molar-refractivity contribution is 6.31. The van der Waals surface area contributed by atoms with Gasteiger partial charge in [0, 0.05) is 10.7 Å². The number of hydrogen-bond acceptors (Lipinski definition) is 4. The number of esters is 1. The predicted molar refractivity (Wildman–Crippen MR) is 112 cm³/mol. The van der Waals surface area contributed by atoms with Gasteiger partial charge in [0.1, 0.15) is 13.2 Å². The first-order valence-corrected chi connectivity index (χ1v) is 9.83. The molecule has 2 aromatic carbocycles. The Morgan fingerprint density at radius 3 is 2.57 bits per heavy atom. The topological polar surface area (TPSA) is 87.7 Å². The Hall–Kier alpha value is -3.32. The summed E-state index contributed by atoms with van der Waals surface area (Å²) >= 11 is 6.28. The first-order chi connectivity index (χ1) is 14.4. The van der Waals surface area contributed by atoms with E-state index in [4.69, 9.17) is 16.3 Å². The Morgan fingerprint density at radius 1 is 1.17 bits per heavy atom. The quantitative estimate of drug-likeness (QED) is 0.734. The normalized spacial score (nSPS) is 18.1. The van der Waals surface area contributed by atoms with E-state index in [0.29, 0.717) is 27.5 Å². The minimum absolute atomic E-state index is 0.0702. The van der Waals surface area contributed by atoms with Gasteiger partial charge in [-0.2, -0.15) is 0 Å². The third-order valence-electron chi connectivity index (χ3n) is 5.26. The van der Waals surface area contributed by atoms with Crippen molar-refractivity contribution in [3.05, 3.63) is 75.4 Å². The van der Waals surface area contributed by atoms with Crippen LogP contribution in [0.25, 0.3) is 0 Å². The van der Waals surface area contributed by atoms with Crippen LogP contribution in [0.15, 0.2) is 53.7 Å². The molecule has 0 aliphatic carbocycles. The molecule has 0 bridgehead atoms. The van der Waals surface area contributed by atoms with E-state index in [1.165, 1.54) is 4.90 Å². The van der Waals surface area contributed by atoms with Crippen LogP contribution in [-0.2, 0) is 14.3 Å². The first kappa shape index (κ1) is 20.0. The maximum absolute atomic E-state index is 12.9. The van der Waals surface area contributed by atoms with Crippen molar-refractivity contribution in [2.24, 2.45) is 0 Å². The second kappa shape index (κ2) is 7.84. The SMILES string of the molecule is Cc1cccc(C)c1NC(=O)CN1C(=O)N[C@@H](c2ccccc2Cl)C2=C1COC2=O. The lowest BCUT2D eigenvalue weighted by molar-refractivity contribution is -0.136. The number of rotatable bonds is 4. The summed E-state index contributed by atoms with van der Waals surface area (Å²) in [5.41, 5.74) is 3.82. The zero-order valence-corrected chi connectivity index (χ0v) is 17.2. The van der Waals surface area contributed by atoms with Crippen molar-refractivity contribution in [2.75, 3.05) is 18.5 Å². The Labute approximate surface area is 178 Å². The molecule has 0 unspecified atom stereocenters. The number of hydrogen-bond donors (Lipinski definition) is 2. The molecular weight excluding hydrogens is 406 g/mol. The maximum Gasteiger partial charge on any atom is 0.338 e. The molecule has 0 aromatic heterocycles. The molecule has 0 saturated carbocycles. The van der Waals surface area contributed by atoms with E-state index in [2.05, 4.69) is 10.6 Å². The van der Waals surface area contributed by atoms with Crippen molar-refractivity contribution in [1.82, 2.24) is 10.2 Å². The number of aryl methyl sites for hydroxylation is 2. The number of urea groups is 1. The number of para-hydroxylation sites is 1. The van der Waals surface area contributed by atoms with Crippen LogP contribution in [0.2, 0.25) is 5.02 Å². The van der Waals surface area contributed by atoms with Crippen molar-refractivity contribution in [3.63, 3.8) is 0 Å². The molecule has 3 amide bonds. The zero-order chi connectivity index (χ0) is 21.4. The van der Waals surface area contributed by atoms with Gasteiger partial charge >= 0.3 is 12.0 Å². The predicted octanol–water partition coefficient (Wildman–Crippen LogP) is 3.47. The molecule has 0 radical (unpaired) electrons. The van der Waals surface area contributed by atoms with Crippen molar-refractivity contribution < 1.29 is 19.1 Å². The van der Waals surface area contributed by atoms with Gasteiger partial charge in [-0.05, 0) is 36.6 Å². The van der Waals surface area contributed by atoms with E-state index in [9.17, 15) is 14.4 Å². The number of cyclic esters (lactones) is 1. The summed E-state index contributed by atoms with van der Waals surface area (Å²) in [6.45, 7) is 3.48. The van der Waals surface area contributed by atoms with Crippen molar-refractivity contribution in [3.8, 4) is 0 Å². The van der Waals surface area contributed by atoms with Crippen LogP contribution in [0.1, 0.15) is 22.7 Å². The van der Waals surface area contributed by atoms with Crippen LogP contribution in [0, 0.1) is 13.8 Å². The van der Waals surface area contributed by atoms with Crippen LogP contribution in [0.4, 0.5) is 10.5 Å². The number of amides is 3. The fourth-order valence-corrected chi connectivity index (χ4v) is 4.00. The molecule has 2 heterocycles. The minimum Gasteiger partial charge on any atom is -0.456 e. The molecule has 1 atom stereocenters. The molecule has 2 N–H and O–H groups in total. The van der Waals surface area contributed by atoms with Crippen molar-refractivity contribution >= 4 is 35.2 Å². The molecule has 2 aromatic rings. The van der Waals surface area contributed by atoms with Gasteiger partial charge in [0.15, 0.2) is 0 Å². The average Bonchev–Trinajstić information content (AvgIpc) is 3.09.